The SMILES string of the molecule is CNS(=O)(=O)c1cccc(C(=O)OCC(=O)N[C@@H](C)c2ccccc2)c1. The molecule has 0 radical (unpaired) electrons. The molecule has 1 amide bonds. The first-order valence-electron chi connectivity index (χ1n) is 7.88. The first kappa shape index (κ1) is 19.6. The third kappa shape index (κ3) is 5.14. The second-order valence-corrected chi connectivity index (χ2v) is 7.40. The highest BCUT2D eigenvalue weighted by molar-refractivity contribution is 7.89. The van der Waals surface area contributed by atoms with E-state index in [9.17, 15) is 18.0 Å². The molecule has 0 aliphatic rings. The van der Waals surface area contributed by atoms with Gasteiger partial charge in [0.25, 0.3) is 5.91 Å². The second-order valence-electron chi connectivity index (χ2n) is 5.51. The normalized spacial score (nSPS) is 12.2. The van der Waals surface area contributed by atoms with E-state index in [-0.39, 0.29) is 16.5 Å². The molecule has 8 heteroatoms. The van der Waals surface area contributed by atoms with Crippen molar-refractivity contribution in [3.05, 3.63) is 65.7 Å². The Labute approximate surface area is 152 Å². The van der Waals surface area contributed by atoms with Gasteiger partial charge in [-0.2, -0.15) is 0 Å². The van der Waals surface area contributed by atoms with Crippen molar-refractivity contribution >= 4 is 21.9 Å². The maximum Gasteiger partial charge on any atom is 0.338 e. The van der Waals surface area contributed by atoms with Gasteiger partial charge in [-0.15, -0.1) is 0 Å². The van der Waals surface area contributed by atoms with Crippen LogP contribution in [-0.2, 0) is 19.6 Å². The van der Waals surface area contributed by atoms with Gasteiger partial charge in [-0.3, -0.25) is 4.79 Å². The number of carbonyl (C=O) groups is 2. The zero-order chi connectivity index (χ0) is 19.2. The van der Waals surface area contributed by atoms with Crippen molar-refractivity contribution in [1.29, 1.82) is 0 Å². The van der Waals surface area contributed by atoms with Gasteiger partial charge in [0, 0.05) is 0 Å². The summed E-state index contributed by atoms with van der Waals surface area (Å²) in [7, 11) is -2.39. The summed E-state index contributed by atoms with van der Waals surface area (Å²) in [4.78, 5) is 23.9. The number of hydrogen-bond donors (Lipinski definition) is 2. The van der Waals surface area contributed by atoms with E-state index in [0.717, 1.165) is 5.56 Å². The zero-order valence-electron chi connectivity index (χ0n) is 14.4. The Bertz CT molecular complexity index is 881. The van der Waals surface area contributed by atoms with Crippen molar-refractivity contribution < 1.29 is 22.7 Å². The molecule has 2 rings (SSSR count). The van der Waals surface area contributed by atoms with Gasteiger partial charge in [0.15, 0.2) is 6.61 Å². The van der Waals surface area contributed by atoms with Crippen LogP contribution in [-0.4, -0.2) is 33.9 Å². The lowest BCUT2D eigenvalue weighted by Crippen LogP contribution is -2.31. The van der Waals surface area contributed by atoms with Crippen molar-refractivity contribution in [3.8, 4) is 0 Å². The van der Waals surface area contributed by atoms with Gasteiger partial charge in [0.2, 0.25) is 10.0 Å². The molecule has 0 saturated heterocycles. The summed E-state index contributed by atoms with van der Waals surface area (Å²) in [6, 6.07) is 14.5. The summed E-state index contributed by atoms with van der Waals surface area (Å²) in [5, 5.41) is 2.73. The molecule has 0 aliphatic heterocycles. The molecule has 0 unspecified atom stereocenters. The fourth-order valence-corrected chi connectivity index (χ4v) is 3.01. The minimum Gasteiger partial charge on any atom is -0.452 e. The fourth-order valence-electron chi connectivity index (χ4n) is 2.23. The molecule has 0 spiro atoms. The van der Waals surface area contributed by atoms with E-state index in [0.29, 0.717) is 0 Å². The fraction of sp³-hybridized carbons (Fsp3) is 0.222. The van der Waals surface area contributed by atoms with Gasteiger partial charge in [-0.05, 0) is 37.7 Å². The molecule has 2 N–H and O–H groups in total. The summed E-state index contributed by atoms with van der Waals surface area (Å²) in [5.74, 6) is -1.23. The van der Waals surface area contributed by atoms with Crippen molar-refractivity contribution in [2.75, 3.05) is 13.7 Å². The van der Waals surface area contributed by atoms with E-state index in [4.69, 9.17) is 4.74 Å². The van der Waals surface area contributed by atoms with Gasteiger partial charge < -0.3 is 10.1 Å². The number of hydrogen-bond acceptors (Lipinski definition) is 5. The highest BCUT2D eigenvalue weighted by Crippen LogP contribution is 2.13. The molecule has 2 aromatic carbocycles. The molecule has 0 aromatic heterocycles. The Balaban J connectivity index is 1.94. The van der Waals surface area contributed by atoms with Crippen LogP contribution in [0, 0.1) is 0 Å². The Kier molecular flexibility index (Phi) is 6.48. The third-order valence-electron chi connectivity index (χ3n) is 3.66. The lowest BCUT2D eigenvalue weighted by Gasteiger charge is -2.14. The van der Waals surface area contributed by atoms with Crippen LogP contribution in [0.1, 0.15) is 28.9 Å². The minimum atomic E-state index is -3.67. The molecule has 2 aromatic rings. The average Bonchev–Trinajstić information content (AvgIpc) is 2.66. The van der Waals surface area contributed by atoms with Crippen LogP contribution in [0.4, 0.5) is 0 Å². The van der Waals surface area contributed by atoms with E-state index >= 15 is 0 Å². The number of rotatable bonds is 7. The molecular weight excluding hydrogens is 356 g/mol. The van der Waals surface area contributed by atoms with E-state index in [1.165, 1.54) is 31.3 Å². The second kappa shape index (κ2) is 8.59. The summed E-state index contributed by atoms with van der Waals surface area (Å²) in [5.41, 5.74) is 0.974. The Morgan fingerprint density at radius 2 is 1.77 bits per heavy atom. The Hall–Kier alpha value is -2.71. The van der Waals surface area contributed by atoms with Crippen LogP contribution < -0.4 is 10.0 Å². The summed E-state index contributed by atoms with van der Waals surface area (Å²) in [6.07, 6.45) is 0. The number of esters is 1. The van der Waals surface area contributed by atoms with Crippen LogP contribution in [0.2, 0.25) is 0 Å². The predicted molar refractivity (Wildman–Crippen MR) is 96.0 cm³/mol. The maximum atomic E-state index is 12.1. The number of sulfonamides is 1. The van der Waals surface area contributed by atoms with E-state index < -0.39 is 28.5 Å². The van der Waals surface area contributed by atoms with Crippen molar-refractivity contribution in [2.24, 2.45) is 0 Å². The van der Waals surface area contributed by atoms with Crippen LogP contribution in [0.15, 0.2) is 59.5 Å². The topological polar surface area (TPSA) is 102 Å². The molecule has 0 saturated carbocycles. The van der Waals surface area contributed by atoms with E-state index in [1.54, 1.807) is 0 Å². The number of amides is 1. The van der Waals surface area contributed by atoms with E-state index in [2.05, 4.69) is 10.0 Å². The molecule has 26 heavy (non-hydrogen) atoms. The molecule has 0 aliphatic carbocycles. The number of nitrogens with one attached hydrogen (secondary N) is 2. The minimum absolute atomic E-state index is 0.0465. The molecule has 0 bridgehead atoms. The monoisotopic (exact) mass is 376 g/mol. The van der Waals surface area contributed by atoms with Crippen molar-refractivity contribution in [1.82, 2.24) is 10.0 Å². The highest BCUT2D eigenvalue weighted by Gasteiger charge is 2.16. The quantitative estimate of drug-likeness (QED) is 0.715. The molecule has 0 fully saturated rings. The molecule has 138 valence electrons. The average molecular weight is 376 g/mol. The summed E-state index contributed by atoms with van der Waals surface area (Å²) >= 11 is 0. The molecular formula is C18H20N2O5S. The van der Waals surface area contributed by atoms with Crippen molar-refractivity contribution in [3.63, 3.8) is 0 Å². The van der Waals surface area contributed by atoms with Crippen LogP contribution in [0.25, 0.3) is 0 Å². The van der Waals surface area contributed by atoms with Crippen LogP contribution >= 0.6 is 0 Å². The summed E-state index contributed by atoms with van der Waals surface area (Å²) < 4.78 is 30.7. The number of benzene rings is 2. The number of ether oxygens (including phenoxy) is 1. The van der Waals surface area contributed by atoms with Crippen molar-refractivity contribution in [2.45, 2.75) is 17.9 Å². The van der Waals surface area contributed by atoms with Gasteiger partial charge in [0.1, 0.15) is 0 Å². The van der Waals surface area contributed by atoms with Gasteiger partial charge in [-0.25, -0.2) is 17.9 Å². The predicted octanol–water partition coefficient (Wildman–Crippen LogP) is 1.63. The van der Waals surface area contributed by atoms with Gasteiger partial charge in [-0.1, -0.05) is 36.4 Å². The first-order chi connectivity index (χ1) is 12.3. The van der Waals surface area contributed by atoms with Crippen LogP contribution in [0.5, 0.6) is 0 Å². The number of carbonyl (C=O) groups excluding carboxylic acids is 2. The first-order valence-corrected chi connectivity index (χ1v) is 9.37. The molecule has 7 nitrogen and oxygen atoms in total. The Morgan fingerprint density at radius 3 is 2.42 bits per heavy atom. The Morgan fingerprint density at radius 1 is 1.08 bits per heavy atom. The zero-order valence-corrected chi connectivity index (χ0v) is 15.2. The lowest BCUT2D eigenvalue weighted by atomic mass is 10.1. The maximum absolute atomic E-state index is 12.1. The van der Waals surface area contributed by atoms with Gasteiger partial charge >= 0.3 is 5.97 Å². The molecule has 0 heterocycles. The van der Waals surface area contributed by atoms with Crippen LogP contribution in [0.3, 0.4) is 0 Å². The van der Waals surface area contributed by atoms with Gasteiger partial charge in [0.05, 0.1) is 16.5 Å². The summed E-state index contributed by atoms with van der Waals surface area (Å²) in [6.45, 7) is 1.36. The largest absolute Gasteiger partial charge is 0.452 e. The highest BCUT2D eigenvalue weighted by atomic mass is 32.2. The smallest absolute Gasteiger partial charge is 0.338 e. The standard InChI is InChI=1S/C18H20N2O5S/c1-13(14-7-4-3-5-8-14)20-17(21)12-25-18(22)15-9-6-10-16(11-15)26(23,24)19-2/h3-11,13,19H,12H2,1-2H3,(H,20,21)/t13-/m0/s1. The van der Waals surface area contributed by atoms with E-state index in [1.807, 2.05) is 37.3 Å². The lowest BCUT2D eigenvalue weighted by molar-refractivity contribution is -0.124. The molecule has 1 atom stereocenters. The third-order valence-corrected chi connectivity index (χ3v) is 5.07.